The minimum Gasteiger partial charge on any atom is -0.461 e. The predicted molar refractivity (Wildman–Crippen MR) is 231 cm³/mol. The quantitative estimate of drug-likeness (QED) is 0.0689. The van der Waals surface area contributed by atoms with Gasteiger partial charge in [-0.25, -0.2) is 4.79 Å². The maximum absolute atomic E-state index is 14.2. The lowest BCUT2D eigenvalue weighted by Crippen LogP contribution is -2.75. The Bertz CT molecular complexity index is 2890. The van der Waals surface area contributed by atoms with Crippen LogP contribution in [0.5, 0.6) is 0 Å². The molecule has 1 aromatic heterocycles. The number of nitrogens with zero attached hydrogens (tertiary/aromatic N) is 1. The zero-order valence-corrected chi connectivity index (χ0v) is 38.4. The van der Waals surface area contributed by atoms with E-state index in [9.17, 15) is 110 Å². The first kappa shape index (κ1) is 59.8. The van der Waals surface area contributed by atoms with Crippen molar-refractivity contribution in [3.05, 3.63) is 195 Å². The second-order valence-electron chi connectivity index (χ2n) is 17.1. The van der Waals surface area contributed by atoms with Gasteiger partial charge in [0.25, 0.3) is 5.69 Å². The first-order valence-corrected chi connectivity index (χ1v) is 21.5. The standard InChI is InChI=1S/C32H12BF24.C18H16NO2/c34-25(35,36)13-1-14(26(37,38)39)6-21(5-13)33(22-7-15(27(40,41)42)2-16(8-22)28(43,44)45,23-9-17(29(46,47)48)3-18(10-23)30(49,50)51)24-11-19(31(52,53)54)4-20(12-24)32(55,56)57;1-21-18(20)17-12-11-15-9-5-6-10-16(15)19(17)13-14-7-3-2-4-8-14/h1-12H;2-12H,13H2,1H3/q-1;+1. The number of benzene rings is 6. The number of rotatable bonds is 7. The summed E-state index contributed by atoms with van der Waals surface area (Å²) in [4.78, 5) is 12.0. The van der Waals surface area contributed by atoms with Gasteiger partial charge in [0.05, 0.1) is 51.6 Å². The number of carbonyl (C=O) groups excluding carboxylic acids is 1. The van der Waals surface area contributed by atoms with Gasteiger partial charge in [0, 0.05) is 23.1 Å². The Balaban J connectivity index is 0.000000387. The van der Waals surface area contributed by atoms with Crippen LogP contribution in [0, 0.1) is 0 Å². The topological polar surface area (TPSA) is 30.2 Å². The smallest absolute Gasteiger partial charge is 0.416 e. The molecule has 0 atom stereocenters. The number of aromatic nitrogens is 1. The van der Waals surface area contributed by atoms with E-state index in [4.69, 9.17) is 4.74 Å². The molecule has 0 aliphatic carbocycles. The summed E-state index contributed by atoms with van der Waals surface area (Å²) < 4.78 is 348. The molecule has 0 bridgehead atoms. The molecule has 0 fully saturated rings. The van der Waals surface area contributed by atoms with Crippen LogP contribution in [-0.4, -0.2) is 19.2 Å². The molecule has 0 aliphatic heterocycles. The highest BCUT2D eigenvalue weighted by Gasteiger charge is 2.47. The number of methoxy groups -OCH3 is 1. The van der Waals surface area contributed by atoms with Crippen molar-refractivity contribution in [2.75, 3.05) is 7.11 Å². The van der Waals surface area contributed by atoms with Crippen molar-refractivity contribution in [1.82, 2.24) is 0 Å². The maximum atomic E-state index is 14.2. The van der Waals surface area contributed by atoms with Gasteiger partial charge in [-0.05, 0) is 36.4 Å². The Labute approximate surface area is 422 Å². The minimum atomic E-state index is -6.13. The molecule has 0 saturated heterocycles. The van der Waals surface area contributed by atoms with Gasteiger partial charge < -0.3 is 4.74 Å². The summed E-state index contributed by atoms with van der Waals surface area (Å²) in [6.07, 6.45) is -54.8. The Kier molecular flexibility index (Phi) is 15.9. The van der Waals surface area contributed by atoms with E-state index in [1.807, 2.05) is 59.2 Å². The largest absolute Gasteiger partial charge is 0.461 e. The molecule has 0 N–H and O–H groups in total. The van der Waals surface area contributed by atoms with Crippen LogP contribution in [0.4, 0.5) is 105 Å². The average Bonchev–Trinajstić information content (AvgIpc) is 3.51. The number of hydrogen-bond donors (Lipinski definition) is 0. The van der Waals surface area contributed by atoms with Crippen molar-refractivity contribution in [2.24, 2.45) is 0 Å². The fourth-order valence-corrected chi connectivity index (χ4v) is 8.55. The summed E-state index contributed by atoms with van der Waals surface area (Å²) in [6, 6.07) is 13.1. The van der Waals surface area contributed by atoms with E-state index in [1.54, 1.807) is 0 Å². The van der Waals surface area contributed by atoms with E-state index in [-0.39, 0.29) is 5.97 Å². The number of alkyl halides is 24. The van der Waals surface area contributed by atoms with Crippen molar-refractivity contribution in [2.45, 2.75) is 56.0 Å². The van der Waals surface area contributed by atoms with Crippen LogP contribution in [0.15, 0.2) is 140 Å². The van der Waals surface area contributed by atoms with Crippen molar-refractivity contribution < 1.29 is 119 Å². The highest BCUT2D eigenvalue weighted by Crippen LogP contribution is 2.41. The minimum absolute atomic E-state index is 0.323. The van der Waals surface area contributed by atoms with E-state index in [1.165, 1.54) is 7.11 Å². The monoisotopic (exact) mass is 1140 g/mol. The molecular weight excluding hydrogens is 1110 g/mol. The number of hydrogen-bond acceptors (Lipinski definition) is 2. The fourth-order valence-electron chi connectivity index (χ4n) is 8.55. The second kappa shape index (κ2) is 20.8. The second-order valence-corrected chi connectivity index (χ2v) is 17.1. The van der Waals surface area contributed by atoms with E-state index < -0.39 is 195 Å². The molecule has 0 radical (unpaired) electrons. The summed E-state index contributed by atoms with van der Waals surface area (Å²) >= 11 is 0. The summed E-state index contributed by atoms with van der Waals surface area (Å²) in [5.41, 5.74) is -27.5. The van der Waals surface area contributed by atoms with Gasteiger partial charge in [0.1, 0.15) is 6.15 Å². The van der Waals surface area contributed by atoms with E-state index in [0.717, 1.165) is 16.5 Å². The number of esters is 1. The third-order valence-corrected chi connectivity index (χ3v) is 12.0. The molecule has 7 aromatic rings. The number of carbonyl (C=O) groups is 1. The first-order valence-electron chi connectivity index (χ1n) is 21.5. The van der Waals surface area contributed by atoms with Crippen molar-refractivity contribution in [3.63, 3.8) is 0 Å². The lowest BCUT2D eigenvalue weighted by atomic mass is 9.12. The summed E-state index contributed by atoms with van der Waals surface area (Å²) in [6.45, 7) is 0.632. The molecular formula is C50H28BF24NO2. The van der Waals surface area contributed by atoms with Crippen LogP contribution < -0.4 is 26.4 Å². The molecule has 0 amide bonds. The van der Waals surface area contributed by atoms with Gasteiger partial charge in [-0.15, -0.1) is 0 Å². The number of fused-ring (bicyclic) bond motifs is 1. The molecule has 6 aromatic carbocycles. The van der Waals surface area contributed by atoms with Gasteiger partial charge in [-0.1, -0.05) is 91.0 Å². The molecule has 0 spiro atoms. The Hall–Kier alpha value is -7.42. The van der Waals surface area contributed by atoms with Crippen molar-refractivity contribution in [1.29, 1.82) is 0 Å². The molecule has 7 rings (SSSR count). The number of halogens is 24. The summed E-state index contributed by atoms with van der Waals surface area (Å²) in [5.74, 6) is -0.323. The van der Waals surface area contributed by atoms with Crippen LogP contribution in [0.1, 0.15) is 60.6 Å². The van der Waals surface area contributed by atoms with E-state index >= 15 is 0 Å². The predicted octanol–water partition coefficient (Wildman–Crippen LogP) is 14.2. The lowest BCUT2D eigenvalue weighted by Gasteiger charge is -2.46. The Morgan fingerprint density at radius 1 is 0.372 bits per heavy atom. The molecule has 28 heteroatoms. The van der Waals surface area contributed by atoms with Crippen LogP contribution in [0.2, 0.25) is 0 Å². The van der Waals surface area contributed by atoms with Crippen molar-refractivity contribution in [3.8, 4) is 0 Å². The number of ether oxygens (including phenoxy) is 1. The molecule has 0 saturated carbocycles. The third kappa shape index (κ3) is 13.1. The highest BCUT2D eigenvalue weighted by molar-refractivity contribution is 7.20. The average molecular weight is 1140 g/mol. The third-order valence-electron chi connectivity index (χ3n) is 12.0. The van der Waals surface area contributed by atoms with Crippen LogP contribution >= 0.6 is 0 Å². The van der Waals surface area contributed by atoms with Crippen LogP contribution in [-0.2, 0) is 60.7 Å². The Morgan fingerprint density at radius 2 is 0.641 bits per heavy atom. The SMILES string of the molecule is COC(=O)c1ccc2ccccc2[n+]1Cc1ccccc1.FC(F)(F)c1cc([B-](c2cc(C(F)(F)F)cc(C(F)(F)F)c2)(c2cc(C(F)(F)F)cc(C(F)(F)F)c2)c2cc(C(F)(F)F)cc(C(F)(F)F)c2)cc(C(F)(F)F)c1. The zero-order chi connectivity index (χ0) is 58.6. The zero-order valence-electron chi connectivity index (χ0n) is 38.4. The fraction of sp³-hybridized carbons (Fsp3) is 0.200. The van der Waals surface area contributed by atoms with Gasteiger partial charge in [0.15, 0.2) is 6.54 Å². The van der Waals surface area contributed by atoms with Crippen LogP contribution in [0.3, 0.4) is 0 Å². The summed E-state index contributed by atoms with van der Waals surface area (Å²) in [7, 11) is 1.41. The number of pyridine rings is 1. The van der Waals surface area contributed by atoms with E-state index in [0.29, 0.717) is 12.2 Å². The van der Waals surface area contributed by atoms with Gasteiger partial charge >= 0.3 is 55.4 Å². The van der Waals surface area contributed by atoms with Crippen LogP contribution in [0.25, 0.3) is 10.9 Å². The number of para-hydroxylation sites is 1. The van der Waals surface area contributed by atoms with Crippen molar-refractivity contribution >= 4 is 44.9 Å². The molecule has 78 heavy (non-hydrogen) atoms. The van der Waals surface area contributed by atoms with Gasteiger partial charge in [-0.3, -0.25) is 0 Å². The molecule has 416 valence electrons. The van der Waals surface area contributed by atoms with Gasteiger partial charge in [-0.2, -0.15) is 132 Å². The molecule has 0 aliphatic rings. The normalized spacial score (nSPS) is 13.3. The first-order chi connectivity index (χ1) is 35.6. The molecule has 1 heterocycles. The van der Waals surface area contributed by atoms with E-state index in [2.05, 4.69) is 12.1 Å². The summed E-state index contributed by atoms with van der Waals surface area (Å²) in [5, 5.41) is 1.10. The molecule has 3 nitrogen and oxygen atoms in total. The molecule has 0 unspecified atom stereocenters. The lowest BCUT2D eigenvalue weighted by molar-refractivity contribution is -0.664. The Morgan fingerprint density at radius 3 is 0.910 bits per heavy atom. The van der Waals surface area contributed by atoms with Gasteiger partial charge in [0.2, 0.25) is 5.52 Å². The maximum Gasteiger partial charge on any atom is 0.416 e. The highest BCUT2D eigenvalue weighted by atomic mass is 19.4.